The van der Waals surface area contributed by atoms with E-state index in [1.165, 1.54) is 10.6 Å². The number of carbonyl (C=O) groups is 1. The predicted octanol–water partition coefficient (Wildman–Crippen LogP) is -0.674. The van der Waals surface area contributed by atoms with Gasteiger partial charge in [-0.1, -0.05) is 0 Å². The average Bonchev–Trinajstić information content (AvgIpc) is 2.42. The molecule has 1 amide bonds. The van der Waals surface area contributed by atoms with Gasteiger partial charge in [0.1, 0.15) is 0 Å². The van der Waals surface area contributed by atoms with Crippen LogP contribution >= 0.6 is 0 Å². The third-order valence-corrected chi connectivity index (χ3v) is 4.45. The Morgan fingerprint density at radius 2 is 2.00 bits per heavy atom. The number of sulfonamides is 1. The number of rotatable bonds is 8. The molecule has 1 rings (SSSR count). The summed E-state index contributed by atoms with van der Waals surface area (Å²) in [5.41, 5.74) is 0. The van der Waals surface area contributed by atoms with Crippen LogP contribution in [0.4, 0.5) is 4.79 Å². The van der Waals surface area contributed by atoms with E-state index in [9.17, 15) is 13.2 Å². The molecule has 0 spiro atoms. The molecule has 1 N–H and O–H groups in total. The van der Waals surface area contributed by atoms with E-state index >= 15 is 0 Å². The largest absolute Gasteiger partial charge is 0.450 e. The number of hydrogen-bond donors (Lipinski definition) is 1. The van der Waals surface area contributed by atoms with Gasteiger partial charge in [0, 0.05) is 39.3 Å². The highest BCUT2D eigenvalue weighted by molar-refractivity contribution is 7.88. The summed E-state index contributed by atoms with van der Waals surface area (Å²) in [7, 11) is -3.29. The van der Waals surface area contributed by atoms with Crippen LogP contribution in [0, 0.1) is 0 Å². The van der Waals surface area contributed by atoms with E-state index in [1.807, 2.05) is 0 Å². The van der Waals surface area contributed by atoms with Crippen molar-refractivity contribution in [2.24, 2.45) is 0 Å². The van der Waals surface area contributed by atoms with Crippen LogP contribution in [-0.4, -0.2) is 89.1 Å². The standard InChI is InChI=1S/C12H25N3O5S/c1-3-20-12(16)13-4-5-15(21(2,17)18)7-6-14-8-10-19-11-9-14/h3-11H2,1-2H3,(H,13,16). The lowest BCUT2D eigenvalue weighted by Crippen LogP contribution is -2.45. The second kappa shape index (κ2) is 9.19. The number of hydrogen-bond acceptors (Lipinski definition) is 6. The van der Waals surface area contributed by atoms with Crippen molar-refractivity contribution in [2.45, 2.75) is 6.92 Å². The predicted molar refractivity (Wildman–Crippen MR) is 78.7 cm³/mol. The first kappa shape index (κ1) is 18.1. The average molecular weight is 323 g/mol. The van der Waals surface area contributed by atoms with Crippen molar-refractivity contribution < 1.29 is 22.7 Å². The monoisotopic (exact) mass is 323 g/mol. The lowest BCUT2D eigenvalue weighted by Gasteiger charge is -2.29. The molecule has 0 saturated carbocycles. The van der Waals surface area contributed by atoms with E-state index in [2.05, 4.69) is 10.2 Å². The maximum atomic E-state index is 11.7. The normalized spacial score (nSPS) is 16.9. The summed E-state index contributed by atoms with van der Waals surface area (Å²) in [6, 6.07) is 0. The molecule has 124 valence electrons. The van der Waals surface area contributed by atoms with Gasteiger partial charge in [0.25, 0.3) is 0 Å². The molecule has 0 radical (unpaired) electrons. The van der Waals surface area contributed by atoms with Gasteiger partial charge < -0.3 is 14.8 Å². The molecule has 9 heteroatoms. The fraction of sp³-hybridized carbons (Fsp3) is 0.917. The van der Waals surface area contributed by atoms with Crippen LogP contribution in [-0.2, 0) is 19.5 Å². The molecule has 1 aliphatic heterocycles. The summed E-state index contributed by atoms with van der Waals surface area (Å²) in [6.45, 7) is 6.55. The van der Waals surface area contributed by atoms with Gasteiger partial charge in [0.15, 0.2) is 0 Å². The SMILES string of the molecule is CCOC(=O)NCCN(CCN1CCOCC1)S(C)(=O)=O. The number of amides is 1. The minimum Gasteiger partial charge on any atom is -0.450 e. The molecular formula is C12H25N3O5S. The molecule has 1 aliphatic rings. The van der Waals surface area contributed by atoms with Gasteiger partial charge in [-0.05, 0) is 6.92 Å². The van der Waals surface area contributed by atoms with E-state index < -0.39 is 16.1 Å². The molecule has 1 fully saturated rings. The Morgan fingerprint density at radius 1 is 1.33 bits per heavy atom. The van der Waals surface area contributed by atoms with Gasteiger partial charge in [-0.25, -0.2) is 13.2 Å². The summed E-state index contributed by atoms with van der Waals surface area (Å²) < 4.78 is 34.8. The summed E-state index contributed by atoms with van der Waals surface area (Å²) in [6.07, 6.45) is 0.649. The van der Waals surface area contributed by atoms with Crippen LogP contribution in [0.25, 0.3) is 0 Å². The summed E-state index contributed by atoms with van der Waals surface area (Å²) in [5, 5.41) is 2.52. The van der Waals surface area contributed by atoms with Crippen LogP contribution in [0.3, 0.4) is 0 Å². The van der Waals surface area contributed by atoms with E-state index in [4.69, 9.17) is 9.47 Å². The van der Waals surface area contributed by atoms with Gasteiger partial charge in [-0.15, -0.1) is 0 Å². The van der Waals surface area contributed by atoms with Crippen molar-refractivity contribution in [3.8, 4) is 0 Å². The molecule has 0 aromatic carbocycles. The zero-order valence-corrected chi connectivity index (χ0v) is 13.5. The molecule has 0 aromatic rings. The lowest BCUT2D eigenvalue weighted by atomic mass is 10.4. The smallest absolute Gasteiger partial charge is 0.407 e. The van der Waals surface area contributed by atoms with Gasteiger partial charge in [-0.3, -0.25) is 4.90 Å². The highest BCUT2D eigenvalue weighted by atomic mass is 32.2. The molecule has 0 atom stereocenters. The Morgan fingerprint density at radius 3 is 2.57 bits per heavy atom. The first-order valence-electron chi connectivity index (χ1n) is 7.09. The first-order chi connectivity index (χ1) is 9.93. The second-order valence-corrected chi connectivity index (χ2v) is 6.75. The van der Waals surface area contributed by atoms with Crippen LogP contribution in [0.1, 0.15) is 6.92 Å². The molecule has 0 aromatic heterocycles. The number of ether oxygens (including phenoxy) is 2. The fourth-order valence-corrected chi connectivity index (χ4v) is 2.82. The summed E-state index contributed by atoms with van der Waals surface area (Å²) in [5.74, 6) is 0. The number of nitrogens with zero attached hydrogens (tertiary/aromatic N) is 2. The van der Waals surface area contributed by atoms with Crippen molar-refractivity contribution in [3.05, 3.63) is 0 Å². The van der Waals surface area contributed by atoms with Crippen molar-refractivity contribution in [2.75, 3.05) is 65.3 Å². The van der Waals surface area contributed by atoms with Crippen molar-refractivity contribution in [3.63, 3.8) is 0 Å². The molecule has 0 bridgehead atoms. The summed E-state index contributed by atoms with van der Waals surface area (Å²) in [4.78, 5) is 13.3. The maximum Gasteiger partial charge on any atom is 0.407 e. The third kappa shape index (κ3) is 7.60. The minimum absolute atomic E-state index is 0.231. The Balaban J connectivity index is 2.35. The Kier molecular flexibility index (Phi) is 7.94. The van der Waals surface area contributed by atoms with Gasteiger partial charge in [0.2, 0.25) is 10.0 Å². The van der Waals surface area contributed by atoms with Crippen molar-refractivity contribution in [1.29, 1.82) is 0 Å². The van der Waals surface area contributed by atoms with E-state index in [0.29, 0.717) is 32.9 Å². The third-order valence-electron chi connectivity index (χ3n) is 3.14. The van der Waals surface area contributed by atoms with E-state index in [1.54, 1.807) is 6.92 Å². The van der Waals surface area contributed by atoms with Crippen LogP contribution < -0.4 is 5.32 Å². The number of carbonyl (C=O) groups excluding carboxylic acids is 1. The number of morpholine rings is 1. The van der Waals surface area contributed by atoms with E-state index in [-0.39, 0.29) is 13.1 Å². The topological polar surface area (TPSA) is 88.2 Å². The van der Waals surface area contributed by atoms with Gasteiger partial charge in [-0.2, -0.15) is 4.31 Å². The van der Waals surface area contributed by atoms with Crippen molar-refractivity contribution in [1.82, 2.24) is 14.5 Å². The maximum absolute atomic E-state index is 11.7. The number of nitrogens with one attached hydrogen (secondary N) is 1. The fourth-order valence-electron chi connectivity index (χ4n) is 1.99. The Hall–Kier alpha value is -0.900. The molecule has 0 aliphatic carbocycles. The minimum atomic E-state index is -3.29. The van der Waals surface area contributed by atoms with Gasteiger partial charge in [0.05, 0.1) is 26.1 Å². The zero-order chi connectivity index (χ0) is 15.7. The summed E-state index contributed by atoms with van der Waals surface area (Å²) >= 11 is 0. The zero-order valence-electron chi connectivity index (χ0n) is 12.7. The lowest BCUT2D eigenvalue weighted by molar-refractivity contribution is 0.0363. The Labute approximate surface area is 126 Å². The molecule has 0 unspecified atom stereocenters. The van der Waals surface area contributed by atoms with Crippen LogP contribution in [0.15, 0.2) is 0 Å². The highest BCUT2D eigenvalue weighted by Crippen LogP contribution is 2.01. The molecule has 1 heterocycles. The quantitative estimate of drug-likeness (QED) is 0.637. The van der Waals surface area contributed by atoms with E-state index in [0.717, 1.165) is 13.1 Å². The Bertz CT molecular complexity index is 409. The second-order valence-electron chi connectivity index (χ2n) is 4.76. The molecule has 1 saturated heterocycles. The van der Waals surface area contributed by atoms with Crippen LogP contribution in [0.5, 0.6) is 0 Å². The van der Waals surface area contributed by atoms with Crippen LogP contribution in [0.2, 0.25) is 0 Å². The number of alkyl carbamates (subject to hydrolysis) is 1. The molecular weight excluding hydrogens is 298 g/mol. The highest BCUT2D eigenvalue weighted by Gasteiger charge is 2.19. The molecule has 21 heavy (non-hydrogen) atoms. The van der Waals surface area contributed by atoms with Gasteiger partial charge >= 0.3 is 6.09 Å². The van der Waals surface area contributed by atoms with Crippen molar-refractivity contribution >= 4 is 16.1 Å². The molecule has 8 nitrogen and oxygen atoms in total. The first-order valence-corrected chi connectivity index (χ1v) is 8.94.